The molecule has 2 aromatic rings. The van der Waals surface area contributed by atoms with E-state index in [0.717, 1.165) is 14.4 Å². The number of hydrogen-bond acceptors (Lipinski definition) is 6. The zero-order chi connectivity index (χ0) is 14.7. The van der Waals surface area contributed by atoms with Crippen molar-refractivity contribution in [3.05, 3.63) is 29.6 Å². The molecule has 0 radical (unpaired) electrons. The molecule has 1 N–H and O–H groups in total. The predicted octanol–water partition coefficient (Wildman–Crippen LogP) is 3.17. The second-order valence-electron chi connectivity index (χ2n) is 4.51. The molecule has 1 heterocycles. The van der Waals surface area contributed by atoms with Gasteiger partial charge in [-0.25, -0.2) is 4.39 Å². The molecule has 0 aliphatic rings. The third-order valence-electron chi connectivity index (χ3n) is 2.85. The first-order valence-electron chi connectivity index (χ1n) is 6.17. The highest BCUT2D eigenvalue weighted by Crippen LogP contribution is 2.37. The van der Waals surface area contributed by atoms with Crippen LogP contribution in [0.1, 0.15) is 18.5 Å². The maximum Gasteiger partial charge on any atom is 0.208 e. The van der Waals surface area contributed by atoms with Crippen LogP contribution in [0.4, 0.5) is 9.52 Å². The van der Waals surface area contributed by atoms with E-state index in [2.05, 4.69) is 15.5 Å². The van der Waals surface area contributed by atoms with E-state index in [1.807, 2.05) is 39.0 Å². The van der Waals surface area contributed by atoms with Crippen LogP contribution in [0, 0.1) is 5.82 Å². The molecule has 0 bridgehead atoms. The molecule has 0 spiro atoms. The van der Waals surface area contributed by atoms with E-state index in [9.17, 15) is 4.39 Å². The molecular weight excluding hydrogens is 295 g/mol. The van der Waals surface area contributed by atoms with E-state index in [1.54, 1.807) is 6.07 Å². The van der Waals surface area contributed by atoms with Gasteiger partial charge in [-0.2, -0.15) is 0 Å². The molecule has 1 aromatic carbocycles. The zero-order valence-corrected chi connectivity index (χ0v) is 13.5. The van der Waals surface area contributed by atoms with E-state index in [-0.39, 0.29) is 11.9 Å². The van der Waals surface area contributed by atoms with Crippen LogP contribution in [-0.4, -0.2) is 31.3 Å². The van der Waals surface area contributed by atoms with Gasteiger partial charge in [-0.1, -0.05) is 29.2 Å². The van der Waals surface area contributed by atoms with Gasteiger partial charge in [0.1, 0.15) is 5.82 Å². The van der Waals surface area contributed by atoms with E-state index in [1.165, 1.54) is 29.2 Å². The molecule has 7 heteroatoms. The lowest BCUT2D eigenvalue weighted by Gasteiger charge is -2.15. The summed E-state index contributed by atoms with van der Waals surface area (Å²) in [7, 11) is 5.66. The monoisotopic (exact) mass is 312 g/mol. The van der Waals surface area contributed by atoms with Crippen molar-refractivity contribution >= 4 is 28.2 Å². The standard InChI is InChI=1S/C13H17FN4S2/c1-8(15-2)11-9(14)6-5-7-10(11)19-13-17-16-12(20-13)18(3)4/h5-8,15H,1-4H3. The second-order valence-corrected chi connectivity index (χ2v) is 6.75. The summed E-state index contributed by atoms with van der Waals surface area (Å²) in [6, 6.07) is 5.06. The fourth-order valence-electron chi connectivity index (χ4n) is 1.69. The van der Waals surface area contributed by atoms with Crippen molar-refractivity contribution in [3.8, 4) is 0 Å². The number of nitrogens with one attached hydrogen (secondary N) is 1. The molecule has 1 aromatic heterocycles. The van der Waals surface area contributed by atoms with Gasteiger partial charge >= 0.3 is 0 Å². The van der Waals surface area contributed by atoms with Crippen molar-refractivity contribution < 1.29 is 4.39 Å². The Morgan fingerprint density at radius 1 is 1.35 bits per heavy atom. The van der Waals surface area contributed by atoms with Crippen LogP contribution in [0.5, 0.6) is 0 Å². The van der Waals surface area contributed by atoms with Crippen LogP contribution in [0.2, 0.25) is 0 Å². The van der Waals surface area contributed by atoms with E-state index in [0.29, 0.717) is 5.56 Å². The summed E-state index contributed by atoms with van der Waals surface area (Å²) in [4.78, 5) is 2.78. The Morgan fingerprint density at radius 3 is 2.70 bits per heavy atom. The summed E-state index contributed by atoms with van der Waals surface area (Å²) in [5.74, 6) is -0.200. The van der Waals surface area contributed by atoms with E-state index >= 15 is 0 Å². The highest BCUT2D eigenvalue weighted by Gasteiger charge is 2.17. The van der Waals surface area contributed by atoms with Gasteiger partial charge in [0.25, 0.3) is 0 Å². The number of benzene rings is 1. The van der Waals surface area contributed by atoms with Gasteiger partial charge in [-0.3, -0.25) is 0 Å². The van der Waals surface area contributed by atoms with Crippen LogP contribution < -0.4 is 10.2 Å². The SMILES string of the molecule is CNC(C)c1c(F)cccc1Sc1nnc(N(C)C)s1. The summed E-state index contributed by atoms with van der Waals surface area (Å²) >= 11 is 2.94. The summed E-state index contributed by atoms with van der Waals surface area (Å²) in [5.41, 5.74) is 0.668. The Labute approximate surface area is 126 Å². The second kappa shape index (κ2) is 6.51. The van der Waals surface area contributed by atoms with Gasteiger partial charge in [-0.05, 0) is 26.1 Å². The normalized spacial score (nSPS) is 12.4. The number of halogens is 1. The quantitative estimate of drug-likeness (QED) is 0.918. The fourth-order valence-corrected chi connectivity index (χ4v) is 3.65. The van der Waals surface area contributed by atoms with Gasteiger partial charge < -0.3 is 10.2 Å². The largest absolute Gasteiger partial charge is 0.353 e. The molecule has 0 aliphatic heterocycles. The minimum Gasteiger partial charge on any atom is -0.353 e. The topological polar surface area (TPSA) is 41.1 Å². The van der Waals surface area contributed by atoms with Crippen molar-refractivity contribution in [1.29, 1.82) is 0 Å². The number of aromatic nitrogens is 2. The fraction of sp³-hybridized carbons (Fsp3) is 0.385. The Morgan fingerprint density at radius 2 is 2.10 bits per heavy atom. The first-order chi connectivity index (χ1) is 9.52. The lowest BCUT2D eigenvalue weighted by molar-refractivity contribution is 0.552. The van der Waals surface area contributed by atoms with Crippen LogP contribution in [0.15, 0.2) is 27.4 Å². The lowest BCUT2D eigenvalue weighted by Crippen LogP contribution is -2.14. The molecule has 0 saturated carbocycles. The van der Waals surface area contributed by atoms with Crippen LogP contribution >= 0.6 is 23.1 Å². The molecule has 0 fully saturated rings. The van der Waals surface area contributed by atoms with Crippen LogP contribution in [0.3, 0.4) is 0 Å². The third kappa shape index (κ3) is 3.28. The van der Waals surface area contributed by atoms with Gasteiger partial charge in [0, 0.05) is 30.6 Å². The summed E-state index contributed by atoms with van der Waals surface area (Å²) < 4.78 is 14.8. The van der Waals surface area contributed by atoms with Crippen LogP contribution in [0.25, 0.3) is 0 Å². The Kier molecular flexibility index (Phi) is 4.95. The van der Waals surface area contributed by atoms with Crippen molar-refractivity contribution in [2.75, 3.05) is 26.0 Å². The average Bonchev–Trinajstić information content (AvgIpc) is 2.87. The Hall–Kier alpha value is -1.18. The Bertz CT molecular complexity index is 586. The highest BCUT2D eigenvalue weighted by molar-refractivity contribution is 8.01. The van der Waals surface area contributed by atoms with Gasteiger partial charge in [-0.15, -0.1) is 10.2 Å². The minimum absolute atomic E-state index is 0.0556. The number of hydrogen-bond donors (Lipinski definition) is 1. The highest BCUT2D eigenvalue weighted by atomic mass is 32.2. The number of nitrogens with zero attached hydrogens (tertiary/aromatic N) is 3. The summed E-state index contributed by atoms with van der Waals surface area (Å²) in [6.07, 6.45) is 0. The van der Waals surface area contributed by atoms with Gasteiger partial charge in [0.2, 0.25) is 5.13 Å². The Balaban J connectivity index is 2.30. The minimum atomic E-state index is -0.200. The molecule has 0 aliphatic carbocycles. The molecule has 0 amide bonds. The number of anilines is 1. The number of rotatable bonds is 5. The molecular formula is C13H17FN4S2. The maximum absolute atomic E-state index is 14.0. The first-order valence-corrected chi connectivity index (χ1v) is 7.80. The molecule has 20 heavy (non-hydrogen) atoms. The van der Waals surface area contributed by atoms with Crippen molar-refractivity contribution in [3.63, 3.8) is 0 Å². The molecule has 1 atom stereocenters. The van der Waals surface area contributed by atoms with Gasteiger partial charge in [0.05, 0.1) is 0 Å². The maximum atomic E-state index is 14.0. The summed E-state index contributed by atoms with van der Waals surface area (Å²) in [5, 5.41) is 12.1. The van der Waals surface area contributed by atoms with E-state index in [4.69, 9.17) is 0 Å². The zero-order valence-electron chi connectivity index (χ0n) is 11.8. The van der Waals surface area contributed by atoms with Crippen LogP contribution in [-0.2, 0) is 0 Å². The molecule has 2 rings (SSSR count). The lowest BCUT2D eigenvalue weighted by atomic mass is 10.1. The smallest absolute Gasteiger partial charge is 0.208 e. The van der Waals surface area contributed by atoms with Crippen molar-refractivity contribution in [2.45, 2.75) is 22.2 Å². The predicted molar refractivity (Wildman–Crippen MR) is 82.2 cm³/mol. The van der Waals surface area contributed by atoms with E-state index < -0.39 is 0 Å². The van der Waals surface area contributed by atoms with Crippen molar-refractivity contribution in [2.24, 2.45) is 0 Å². The average molecular weight is 312 g/mol. The molecule has 4 nitrogen and oxygen atoms in total. The third-order valence-corrected chi connectivity index (χ3v) is 5.07. The summed E-state index contributed by atoms with van der Waals surface area (Å²) in [6.45, 7) is 1.94. The first kappa shape index (κ1) is 15.2. The molecule has 1 unspecified atom stereocenters. The molecule has 0 saturated heterocycles. The molecule has 108 valence electrons. The van der Waals surface area contributed by atoms with Gasteiger partial charge in [0.15, 0.2) is 4.34 Å². The van der Waals surface area contributed by atoms with Crippen molar-refractivity contribution in [1.82, 2.24) is 15.5 Å².